The van der Waals surface area contributed by atoms with Crippen molar-refractivity contribution in [2.75, 3.05) is 13.1 Å². The van der Waals surface area contributed by atoms with E-state index in [1.807, 2.05) is 42.2 Å². The van der Waals surface area contributed by atoms with Crippen LogP contribution in [0.5, 0.6) is 0 Å². The minimum absolute atomic E-state index is 0.103. The highest BCUT2D eigenvalue weighted by Crippen LogP contribution is 2.38. The molecule has 1 fully saturated rings. The number of hydrogen-bond acceptors (Lipinski definition) is 4. The smallest absolute Gasteiger partial charge is 0.238 e. The maximum atomic E-state index is 13.6. The third-order valence-corrected chi connectivity index (χ3v) is 9.04. The second-order valence-electron chi connectivity index (χ2n) is 8.98. The average molecular weight is 493 g/mol. The van der Waals surface area contributed by atoms with Crippen molar-refractivity contribution in [2.45, 2.75) is 38.3 Å². The Bertz CT molecular complexity index is 1290. The molecule has 5 rings (SSSR count). The first-order valence-corrected chi connectivity index (χ1v) is 14.0. The molecule has 1 unspecified atom stereocenters. The summed E-state index contributed by atoms with van der Waals surface area (Å²) in [5, 5.41) is 3.31. The maximum Gasteiger partial charge on any atom is 0.238 e. The molecule has 0 N–H and O–H groups in total. The molecule has 3 aromatic rings. The highest BCUT2D eigenvalue weighted by molar-refractivity contribution is 7.92. The molecule has 1 aliphatic carbocycles. The molecule has 7 heteroatoms. The Morgan fingerprint density at radius 2 is 1.82 bits per heavy atom. The summed E-state index contributed by atoms with van der Waals surface area (Å²) in [6.07, 6.45) is 3.98. The van der Waals surface area contributed by atoms with Gasteiger partial charge in [-0.1, -0.05) is 60.2 Å². The Morgan fingerprint density at radius 3 is 2.53 bits per heavy atom. The molecule has 0 radical (unpaired) electrons. The second-order valence-corrected chi connectivity index (χ2v) is 11.8. The van der Waals surface area contributed by atoms with Gasteiger partial charge in [-0.25, -0.2) is 8.42 Å². The normalized spacial score (nSPS) is 18.4. The maximum absolute atomic E-state index is 13.6. The number of nitrogens with zero attached hydrogens (tertiary/aromatic N) is 2. The molecule has 5 nitrogen and oxygen atoms in total. The van der Waals surface area contributed by atoms with Crippen molar-refractivity contribution in [2.24, 2.45) is 0 Å². The van der Waals surface area contributed by atoms with Gasteiger partial charge in [0.15, 0.2) is 0 Å². The molecule has 1 saturated carbocycles. The minimum Gasteiger partial charge on any atom is -0.330 e. The third kappa shape index (κ3) is 4.87. The van der Waals surface area contributed by atoms with Crippen LogP contribution < -0.4 is 0 Å². The lowest BCUT2D eigenvalue weighted by atomic mass is 9.92. The summed E-state index contributed by atoms with van der Waals surface area (Å²) in [6.45, 7) is 2.50. The van der Waals surface area contributed by atoms with Crippen molar-refractivity contribution in [3.05, 3.63) is 98.6 Å². The molecule has 0 saturated heterocycles. The predicted octanol–water partition coefficient (Wildman–Crippen LogP) is 5.00. The highest BCUT2D eigenvalue weighted by atomic mass is 32.2. The van der Waals surface area contributed by atoms with Gasteiger partial charge in [-0.2, -0.15) is 4.31 Å². The Labute approximate surface area is 205 Å². The minimum atomic E-state index is -3.72. The van der Waals surface area contributed by atoms with Crippen LogP contribution in [-0.2, 0) is 21.2 Å². The Balaban J connectivity index is 1.41. The molecule has 0 bridgehead atoms. The number of amides is 1. The zero-order valence-electron chi connectivity index (χ0n) is 19.1. The van der Waals surface area contributed by atoms with Crippen molar-refractivity contribution < 1.29 is 13.2 Å². The summed E-state index contributed by atoms with van der Waals surface area (Å²) in [5.41, 5.74) is 4.19. The first-order chi connectivity index (χ1) is 16.4. The quantitative estimate of drug-likeness (QED) is 0.467. The van der Waals surface area contributed by atoms with Gasteiger partial charge in [0.05, 0.1) is 12.6 Å². The molecule has 1 aromatic heterocycles. The van der Waals surface area contributed by atoms with Gasteiger partial charge in [0.2, 0.25) is 15.9 Å². The third-order valence-electron chi connectivity index (χ3n) is 6.48. The lowest BCUT2D eigenvalue weighted by Gasteiger charge is -2.37. The van der Waals surface area contributed by atoms with Crippen molar-refractivity contribution in [1.29, 1.82) is 0 Å². The first-order valence-electron chi connectivity index (χ1n) is 11.6. The van der Waals surface area contributed by atoms with E-state index in [0.29, 0.717) is 6.54 Å². The Kier molecular flexibility index (Phi) is 6.42. The molecule has 2 heterocycles. The molecule has 2 aliphatic rings. The van der Waals surface area contributed by atoms with E-state index in [9.17, 15) is 13.2 Å². The molecule has 1 amide bonds. The van der Waals surface area contributed by atoms with Crippen molar-refractivity contribution in [3.8, 4) is 0 Å². The fourth-order valence-electron chi connectivity index (χ4n) is 4.51. The van der Waals surface area contributed by atoms with Gasteiger partial charge in [-0.3, -0.25) is 4.79 Å². The molecule has 2 aromatic carbocycles. The fourth-order valence-corrected chi connectivity index (χ4v) is 6.82. The van der Waals surface area contributed by atoms with E-state index in [-0.39, 0.29) is 24.5 Å². The van der Waals surface area contributed by atoms with Crippen molar-refractivity contribution >= 4 is 33.3 Å². The van der Waals surface area contributed by atoms with Crippen LogP contribution in [0.1, 0.15) is 46.0 Å². The number of fused-ring (bicyclic) bond motifs is 1. The number of sulfonamides is 1. The monoisotopic (exact) mass is 492 g/mol. The number of benzene rings is 2. The van der Waals surface area contributed by atoms with Gasteiger partial charge in [-0.15, -0.1) is 11.3 Å². The summed E-state index contributed by atoms with van der Waals surface area (Å²) >= 11 is 1.72. The summed E-state index contributed by atoms with van der Waals surface area (Å²) < 4.78 is 27.8. The molecular weight excluding hydrogens is 464 g/mol. The number of carbonyl (C=O) groups excluding carboxylic acids is 1. The fraction of sp³-hybridized carbons (Fsp3) is 0.296. The van der Waals surface area contributed by atoms with E-state index in [4.69, 9.17) is 0 Å². The van der Waals surface area contributed by atoms with Gasteiger partial charge in [-0.05, 0) is 60.4 Å². The van der Waals surface area contributed by atoms with Crippen LogP contribution in [0.4, 0.5) is 0 Å². The largest absolute Gasteiger partial charge is 0.330 e. The number of aryl methyl sites for hydroxylation is 1. The number of thiophene rings is 1. The summed E-state index contributed by atoms with van der Waals surface area (Å²) in [4.78, 5) is 16.8. The van der Waals surface area contributed by atoms with E-state index in [0.717, 1.165) is 36.0 Å². The van der Waals surface area contributed by atoms with Crippen LogP contribution in [0.3, 0.4) is 0 Å². The predicted molar refractivity (Wildman–Crippen MR) is 137 cm³/mol. The van der Waals surface area contributed by atoms with Gasteiger partial charge in [0.1, 0.15) is 0 Å². The van der Waals surface area contributed by atoms with E-state index in [1.165, 1.54) is 20.2 Å². The number of carbonyl (C=O) groups is 1. The topological polar surface area (TPSA) is 57.7 Å². The van der Waals surface area contributed by atoms with Crippen LogP contribution in [0.15, 0.2) is 71.5 Å². The lowest BCUT2D eigenvalue weighted by molar-refractivity contribution is -0.133. The van der Waals surface area contributed by atoms with Crippen LogP contribution in [0.25, 0.3) is 6.08 Å². The second kappa shape index (κ2) is 9.49. The average Bonchev–Trinajstić information content (AvgIpc) is 3.57. The van der Waals surface area contributed by atoms with Gasteiger partial charge in [0, 0.05) is 22.9 Å². The SMILES string of the molecule is Cc1ccc(C2c3ccsc3CCN2C(=O)CN(C2CC2)S(=O)(=O)C=Cc2ccccc2)cc1. The standard InChI is InChI=1S/C27H28N2O3S2/c1-20-7-9-22(10-8-20)27-24-14-17-33-25(24)13-16-28(27)26(30)19-29(23-11-12-23)34(31,32)18-15-21-5-3-2-4-6-21/h2-10,14-15,17-18,23,27H,11-13,16,19H2,1H3. The van der Waals surface area contributed by atoms with E-state index in [1.54, 1.807) is 17.4 Å². The van der Waals surface area contributed by atoms with Crippen molar-refractivity contribution in [1.82, 2.24) is 9.21 Å². The zero-order valence-corrected chi connectivity index (χ0v) is 20.8. The Hall–Kier alpha value is -2.74. The van der Waals surface area contributed by atoms with E-state index >= 15 is 0 Å². The summed E-state index contributed by atoms with van der Waals surface area (Å²) in [6, 6.07) is 19.4. The van der Waals surface area contributed by atoms with Crippen LogP contribution in [0, 0.1) is 6.92 Å². The Morgan fingerprint density at radius 1 is 1.09 bits per heavy atom. The van der Waals surface area contributed by atoms with Crippen LogP contribution >= 0.6 is 11.3 Å². The highest BCUT2D eigenvalue weighted by Gasteiger charge is 2.40. The molecular formula is C27H28N2O3S2. The van der Waals surface area contributed by atoms with Crippen molar-refractivity contribution in [3.63, 3.8) is 0 Å². The molecule has 176 valence electrons. The number of hydrogen-bond donors (Lipinski definition) is 0. The first kappa shape index (κ1) is 23.0. The van der Waals surface area contributed by atoms with E-state index in [2.05, 4.69) is 35.7 Å². The molecule has 34 heavy (non-hydrogen) atoms. The summed E-state index contributed by atoms with van der Waals surface area (Å²) in [5.74, 6) is -0.147. The van der Waals surface area contributed by atoms with Crippen LogP contribution in [0.2, 0.25) is 0 Å². The molecule has 0 spiro atoms. The zero-order chi connectivity index (χ0) is 23.7. The molecule has 1 atom stereocenters. The lowest BCUT2D eigenvalue weighted by Crippen LogP contribution is -2.47. The molecule has 1 aliphatic heterocycles. The number of rotatable bonds is 7. The van der Waals surface area contributed by atoms with Gasteiger partial charge < -0.3 is 4.90 Å². The van der Waals surface area contributed by atoms with Gasteiger partial charge >= 0.3 is 0 Å². The van der Waals surface area contributed by atoms with Gasteiger partial charge in [0.25, 0.3) is 0 Å². The van der Waals surface area contributed by atoms with Crippen LogP contribution in [-0.4, -0.2) is 42.7 Å². The van der Waals surface area contributed by atoms with E-state index < -0.39 is 10.0 Å². The summed E-state index contributed by atoms with van der Waals surface area (Å²) in [7, 11) is -3.72.